The number of hydrogen-bond acceptors (Lipinski definition) is 2. The van der Waals surface area contributed by atoms with Crippen molar-refractivity contribution in [2.75, 3.05) is 0 Å². The van der Waals surface area contributed by atoms with Crippen molar-refractivity contribution >= 4 is 5.78 Å². The van der Waals surface area contributed by atoms with Gasteiger partial charge in [0.2, 0.25) is 0 Å². The summed E-state index contributed by atoms with van der Waals surface area (Å²) >= 11 is 0. The predicted octanol–water partition coefficient (Wildman–Crippen LogP) is 4.05. The summed E-state index contributed by atoms with van der Waals surface area (Å²) in [5.74, 6) is 0.789. The zero-order valence-corrected chi connectivity index (χ0v) is 10.9. The number of benzene rings is 1. The maximum absolute atomic E-state index is 11.1. The lowest BCUT2D eigenvalue weighted by Crippen LogP contribution is -1.96. The van der Waals surface area contributed by atoms with Crippen molar-refractivity contribution in [2.24, 2.45) is 0 Å². The SMILES string of the molecule is C=C/C(C)=C(\C=C)OCc1ccc(C(C)=O)cc1. The molecular weight excluding hydrogens is 224 g/mol. The van der Waals surface area contributed by atoms with Crippen LogP contribution in [0.15, 0.2) is 60.9 Å². The van der Waals surface area contributed by atoms with Crippen LogP contribution in [0.2, 0.25) is 0 Å². The summed E-state index contributed by atoms with van der Waals surface area (Å²) in [5, 5.41) is 0. The van der Waals surface area contributed by atoms with E-state index < -0.39 is 0 Å². The first-order valence-electron chi connectivity index (χ1n) is 5.77. The van der Waals surface area contributed by atoms with E-state index in [1.807, 2.05) is 19.1 Å². The number of Topliss-reactive ketones (excluding diaryl/α,β-unsaturated/α-hetero) is 1. The first kappa shape index (κ1) is 14.0. The minimum Gasteiger partial charge on any atom is -0.489 e. The van der Waals surface area contributed by atoms with Gasteiger partial charge >= 0.3 is 0 Å². The van der Waals surface area contributed by atoms with E-state index in [0.29, 0.717) is 12.2 Å². The van der Waals surface area contributed by atoms with E-state index in [9.17, 15) is 4.79 Å². The summed E-state index contributed by atoms with van der Waals surface area (Å²) in [6.07, 6.45) is 3.40. The van der Waals surface area contributed by atoms with E-state index in [1.54, 1.807) is 31.2 Å². The Labute approximate surface area is 108 Å². The molecule has 0 bridgehead atoms. The van der Waals surface area contributed by atoms with Crippen molar-refractivity contribution in [1.82, 2.24) is 0 Å². The number of ether oxygens (including phenoxy) is 1. The summed E-state index contributed by atoms with van der Waals surface area (Å²) in [5.41, 5.74) is 2.67. The Morgan fingerprint density at radius 2 is 1.78 bits per heavy atom. The predicted molar refractivity (Wildman–Crippen MR) is 74.3 cm³/mol. The molecule has 18 heavy (non-hydrogen) atoms. The summed E-state index contributed by atoms with van der Waals surface area (Å²) in [6, 6.07) is 7.39. The second kappa shape index (κ2) is 6.60. The maximum Gasteiger partial charge on any atom is 0.159 e. The molecule has 1 rings (SSSR count). The van der Waals surface area contributed by atoms with Crippen molar-refractivity contribution in [1.29, 1.82) is 0 Å². The van der Waals surface area contributed by atoms with E-state index in [1.165, 1.54) is 0 Å². The molecule has 0 atom stereocenters. The molecule has 1 aromatic rings. The molecular formula is C16H18O2. The van der Waals surface area contributed by atoms with Gasteiger partial charge in [0.25, 0.3) is 0 Å². The molecule has 0 aliphatic rings. The average molecular weight is 242 g/mol. The minimum absolute atomic E-state index is 0.0663. The lowest BCUT2D eigenvalue weighted by Gasteiger charge is -2.09. The van der Waals surface area contributed by atoms with E-state index in [2.05, 4.69) is 13.2 Å². The van der Waals surface area contributed by atoms with E-state index in [4.69, 9.17) is 4.74 Å². The van der Waals surface area contributed by atoms with Gasteiger partial charge in [-0.1, -0.05) is 43.5 Å². The van der Waals surface area contributed by atoms with Gasteiger partial charge in [-0.15, -0.1) is 0 Å². The Hall–Kier alpha value is -2.09. The van der Waals surface area contributed by atoms with Gasteiger partial charge in [0.05, 0.1) is 0 Å². The van der Waals surface area contributed by atoms with Gasteiger partial charge in [-0.3, -0.25) is 4.79 Å². The molecule has 0 fully saturated rings. The van der Waals surface area contributed by atoms with Gasteiger partial charge in [0.1, 0.15) is 12.4 Å². The summed E-state index contributed by atoms with van der Waals surface area (Å²) in [6.45, 7) is 11.3. The highest BCUT2D eigenvalue weighted by atomic mass is 16.5. The Morgan fingerprint density at radius 1 is 1.17 bits per heavy atom. The van der Waals surface area contributed by atoms with E-state index >= 15 is 0 Å². The number of rotatable bonds is 6. The van der Waals surface area contributed by atoms with Crippen LogP contribution in [0.3, 0.4) is 0 Å². The molecule has 2 heteroatoms. The van der Waals surface area contributed by atoms with Crippen molar-refractivity contribution < 1.29 is 9.53 Å². The molecule has 0 aliphatic carbocycles. The van der Waals surface area contributed by atoms with Gasteiger partial charge in [-0.25, -0.2) is 0 Å². The Balaban J connectivity index is 2.72. The van der Waals surface area contributed by atoms with Crippen LogP contribution >= 0.6 is 0 Å². The standard InChI is InChI=1S/C16H18O2/c1-5-12(3)16(6-2)18-11-14-7-9-15(10-8-14)13(4)17/h5-10H,1-2,11H2,3-4H3/b16-12+. The second-order valence-corrected chi connectivity index (χ2v) is 4.00. The molecule has 1 aromatic carbocycles. The maximum atomic E-state index is 11.1. The molecule has 0 unspecified atom stereocenters. The lowest BCUT2D eigenvalue weighted by molar-refractivity contribution is 0.101. The Morgan fingerprint density at radius 3 is 2.22 bits per heavy atom. The summed E-state index contributed by atoms with van der Waals surface area (Å²) in [4.78, 5) is 11.1. The zero-order valence-electron chi connectivity index (χ0n) is 10.9. The van der Waals surface area contributed by atoms with Crippen LogP contribution in [0, 0.1) is 0 Å². The molecule has 0 aliphatic heterocycles. The fourth-order valence-electron chi connectivity index (χ4n) is 1.43. The molecule has 0 spiro atoms. The van der Waals surface area contributed by atoms with Crippen molar-refractivity contribution in [3.05, 3.63) is 72.0 Å². The first-order valence-corrected chi connectivity index (χ1v) is 5.77. The lowest BCUT2D eigenvalue weighted by atomic mass is 10.1. The smallest absolute Gasteiger partial charge is 0.159 e. The van der Waals surface area contributed by atoms with Crippen LogP contribution in [0.1, 0.15) is 29.8 Å². The van der Waals surface area contributed by atoms with Crippen LogP contribution in [0.5, 0.6) is 0 Å². The Bertz CT molecular complexity index is 478. The highest BCUT2D eigenvalue weighted by Crippen LogP contribution is 2.12. The van der Waals surface area contributed by atoms with Crippen LogP contribution < -0.4 is 0 Å². The fraction of sp³-hybridized carbons (Fsp3) is 0.188. The number of hydrogen-bond donors (Lipinski definition) is 0. The monoisotopic (exact) mass is 242 g/mol. The van der Waals surface area contributed by atoms with Gasteiger partial charge in [-0.2, -0.15) is 0 Å². The highest BCUT2D eigenvalue weighted by Gasteiger charge is 2.01. The second-order valence-electron chi connectivity index (χ2n) is 4.00. The van der Waals surface area contributed by atoms with Gasteiger partial charge in [-0.05, 0) is 31.1 Å². The molecule has 94 valence electrons. The number of allylic oxidation sites excluding steroid dienone is 3. The topological polar surface area (TPSA) is 26.3 Å². The molecule has 2 nitrogen and oxygen atoms in total. The third kappa shape index (κ3) is 3.74. The van der Waals surface area contributed by atoms with Crippen LogP contribution in [0.25, 0.3) is 0 Å². The molecule has 0 aromatic heterocycles. The molecule has 0 N–H and O–H groups in total. The van der Waals surface area contributed by atoms with Crippen molar-refractivity contribution in [3.8, 4) is 0 Å². The van der Waals surface area contributed by atoms with E-state index in [0.717, 1.165) is 16.9 Å². The highest BCUT2D eigenvalue weighted by molar-refractivity contribution is 5.93. The summed E-state index contributed by atoms with van der Waals surface area (Å²) < 4.78 is 5.64. The number of carbonyl (C=O) groups is 1. The van der Waals surface area contributed by atoms with Crippen molar-refractivity contribution in [2.45, 2.75) is 20.5 Å². The third-order valence-electron chi connectivity index (χ3n) is 2.64. The van der Waals surface area contributed by atoms with Gasteiger partial charge in [0.15, 0.2) is 5.78 Å². The molecule has 0 saturated heterocycles. The number of ketones is 1. The fourth-order valence-corrected chi connectivity index (χ4v) is 1.43. The normalized spacial score (nSPS) is 11.4. The molecule has 0 saturated carbocycles. The van der Waals surface area contributed by atoms with Crippen molar-refractivity contribution in [3.63, 3.8) is 0 Å². The third-order valence-corrected chi connectivity index (χ3v) is 2.64. The molecule has 0 radical (unpaired) electrons. The van der Waals surface area contributed by atoms with Crippen LogP contribution in [0.4, 0.5) is 0 Å². The minimum atomic E-state index is 0.0663. The number of carbonyl (C=O) groups excluding carboxylic acids is 1. The van der Waals surface area contributed by atoms with Gasteiger partial charge in [0, 0.05) is 5.56 Å². The largest absolute Gasteiger partial charge is 0.489 e. The van der Waals surface area contributed by atoms with Crippen LogP contribution in [-0.4, -0.2) is 5.78 Å². The first-order chi connectivity index (χ1) is 8.58. The van der Waals surface area contributed by atoms with Crippen LogP contribution in [-0.2, 0) is 11.3 Å². The van der Waals surface area contributed by atoms with Gasteiger partial charge < -0.3 is 4.74 Å². The Kier molecular flexibility index (Phi) is 5.12. The summed E-state index contributed by atoms with van der Waals surface area (Å²) in [7, 11) is 0. The van der Waals surface area contributed by atoms with E-state index in [-0.39, 0.29) is 5.78 Å². The average Bonchev–Trinajstić information content (AvgIpc) is 2.39. The molecule has 0 heterocycles. The molecule has 0 amide bonds. The quantitative estimate of drug-likeness (QED) is 0.427. The zero-order chi connectivity index (χ0) is 13.5.